The van der Waals surface area contributed by atoms with Gasteiger partial charge >= 0.3 is 0 Å². The predicted molar refractivity (Wildman–Crippen MR) is 125 cm³/mol. The summed E-state index contributed by atoms with van der Waals surface area (Å²) in [5.74, 6) is -0.776. The number of benzene rings is 2. The fourth-order valence-corrected chi connectivity index (χ4v) is 4.16. The molecule has 1 aliphatic heterocycles. The highest BCUT2D eigenvalue weighted by molar-refractivity contribution is 6.16. The SMILES string of the molecule is CCOc1ccc([C@H]2C(C(=O)c3cc4ccccc4o3)=C(O)C(=O)N2CCCN(C)C)cc1. The number of ketones is 1. The third-order valence-electron chi connectivity index (χ3n) is 5.71. The molecule has 1 amide bonds. The summed E-state index contributed by atoms with van der Waals surface area (Å²) in [6, 6.07) is 15.5. The molecule has 1 atom stereocenters. The van der Waals surface area contributed by atoms with Gasteiger partial charge in [-0.2, -0.15) is 0 Å². The van der Waals surface area contributed by atoms with Crippen LogP contribution < -0.4 is 4.74 Å². The summed E-state index contributed by atoms with van der Waals surface area (Å²) in [6.45, 7) is 3.61. The minimum absolute atomic E-state index is 0.0352. The Morgan fingerprint density at radius 2 is 1.88 bits per heavy atom. The number of hydrogen-bond acceptors (Lipinski definition) is 6. The maximum absolute atomic E-state index is 13.5. The van der Waals surface area contributed by atoms with E-state index < -0.39 is 23.5 Å². The van der Waals surface area contributed by atoms with Crippen LogP contribution in [0.5, 0.6) is 5.75 Å². The Balaban J connectivity index is 1.72. The van der Waals surface area contributed by atoms with E-state index in [-0.39, 0.29) is 11.3 Å². The molecule has 0 spiro atoms. The number of aliphatic hydroxyl groups excluding tert-OH is 1. The third-order valence-corrected chi connectivity index (χ3v) is 5.71. The van der Waals surface area contributed by atoms with Gasteiger partial charge in [0, 0.05) is 11.9 Å². The number of aliphatic hydroxyl groups is 1. The van der Waals surface area contributed by atoms with E-state index in [0.29, 0.717) is 30.9 Å². The van der Waals surface area contributed by atoms with Crippen LogP contribution in [0.15, 0.2) is 70.3 Å². The van der Waals surface area contributed by atoms with Gasteiger partial charge in [-0.15, -0.1) is 0 Å². The molecule has 0 unspecified atom stereocenters. The summed E-state index contributed by atoms with van der Waals surface area (Å²) in [6.07, 6.45) is 0.700. The molecule has 2 aromatic carbocycles. The molecule has 2 heterocycles. The van der Waals surface area contributed by atoms with Crippen molar-refractivity contribution in [2.75, 3.05) is 33.8 Å². The molecule has 0 bridgehead atoms. The first kappa shape index (κ1) is 22.6. The van der Waals surface area contributed by atoms with Crippen molar-refractivity contribution in [1.82, 2.24) is 9.80 Å². The molecular weight excluding hydrogens is 420 g/mol. The Kier molecular flexibility index (Phi) is 6.51. The van der Waals surface area contributed by atoms with Gasteiger partial charge in [0.1, 0.15) is 11.3 Å². The highest BCUT2D eigenvalue weighted by atomic mass is 16.5. The number of nitrogens with zero attached hydrogens (tertiary/aromatic N) is 2. The molecule has 0 radical (unpaired) electrons. The van der Waals surface area contributed by atoms with Crippen LogP contribution in [0.2, 0.25) is 0 Å². The van der Waals surface area contributed by atoms with Gasteiger partial charge in [0.25, 0.3) is 5.91 Å². The lowest BCUT2D eigenvalue weighted by molar-refractivity contribution is -0.129. The summed E-state index contributed by atoms with van der Waals surface area (Å²) >= 11 is 0. The number of furan rings is 1. The smallest absolute Gasteiger partial charge is 0.290 e. The van der Waals surface area contributed by atoms with Crippen LogP contribution >= 0.6 is 0 Å². The van der Waals surface area contributed by atoms with Gasteiger partial charge < -0.3 is 24.1 Å². The van der Waals surface area contributed by atoms with Crippen molar-refractivity contribution in [2.45, 2.75) is 19.4 Å². The van der Waals surface area contributed by atoms with Crippen LogP contribution in [0.3, 0.4) is 0 Å². The first-order chi connectivity index (χ1) is 15.9. The molecule has 7 heteroatoms. The largest absolute Gasteiger partial charge is 0.503 e. The molecule has 4 rings (SSSR count). The Morgan fingerprint density at radius 3 is 2.55 bits per heavy atom. The van der Waals surface area contributed by atoms with Crippen molar-refractivity contribution < 1.29 is 23.8 Å². The van der Waals surface area contributed by atoms with Gasteiger partial charge in [0.05, 0.1) is 18.2 Å². The fraction of sp³-hybridized carbons (Fsp3) is 0.308. The minimum atomic E-state index is -0.712. The van der Waals surface area contributed by atoms with E-state index in [1.54, 1.807) is 29.2 Å². The monoisotopic (exact) mass is 448 g/mol. The van der Waals surface area contributed by atoms with Gasteiger partial charge in [-0.25, -0.2) is 0 Å². The first-order valence-corrected chi connectivity index (χ1v) is 11.1. The van der Waals surface area contributed by atoms with Crippen LogP contribution in [-0.4, -0.2) is 60.4 Å². The Bertz CT molecular complexity index is 1160. The average molecular weight is 449 g/mol. The van der Waals surface area contributed by atoms with Gasteiger partial charge in [0.2, 0.25) is 5.78 Å². The number of fused-ring (bicyclic) bond motifs is 1. The lowest BCUT2D eigenvalue weighted by Gasteiger charge is -2.27. The van der Waals surface area contributed by atoms with E-state index in [9.17, 15) is 14.7 Å². The molecule has 172 valence electrons. The van der Waals surface area contributed by atoms with E-state index >= 15 is 0 Å². The van der Waals surface area contributed by atoms with Gasteiger partial charge in [-0.3, -0.25) is 9.59 Å². The molecule has 0 fully saturated rings. The number of hydrogen-bond donors (Lipinski definition) is 1. The van der Waals surface area contributed by atoms with Crippen molar-refractivity contribution in [3.63, 3.8) is 0 Å². The molecular formula is C26H28N2O5. The molecule has 1 aromatic heterocycles. The van der Waals surface area contributed by atoms with Crippen molar-refractivity contribution in [2.24, 2.45) is 0 Å². The van der Waals surface area contributed by atoms with Crippen molar-refractivity contribution in [1.29, 1.82) is 0 Å². The number of amides is 1. The Hall–Kier alpha value is -3.58. The van der Waals surface area contributed by atoms with Crippen molar-refractivity contribution >= 4 is 22.7 Å². The summed E-state index contributed by atoms with van der Waals surface area (Å²) in [5, 5.41) is 11.6. The lowest BCUT2D eigenvalue weighted by Crippen LogP contribution is -2.33. The average Bonchev–Trinajstić information content (AvgIpc) is 3.34. The fourth-order valence-electron chi connectivity index (χ4n) is 4.16. The number of Topliss-reactive ketones (excluding diaryl/α,β-unsaturated/α-hetero) is 1. The Morgan fingerprint density at radius 1 is 1.15 bits per heavy atom. The molecule has 3 aromatic rings. The molecule has 0 saturated heterocycles. The van der Waals surface area contributed by atoms with Crippen LogP contribution in [0.1, 0.15) is 35.5 Å². The van der Waals surface area contributed by atoms with Crippen LogP contribution in [0, 0.1) is 0 Å². The van der Waals surface area contributed by atoms with E-state index in [1.165, 1.54) is 0 Å². The topological polar surface area (TPSA) is 83.2 Å². The van der Waals surface area contributed by atoms with Crippen LogP contribution in [0.25, 0.3) is 11.0 Å². The van der Waals surface area contributed by atoms with Gasteiger partial charge in [-0.1, -0.05) is 30.3 Å². The van der Waals surface area contributed by atoms with E-state index in [0.717, 1.165) is 17.5 Å². The molecule has 1 aliphatic rings. The molecule has 7 nitrogen and oxygen atoms in total. The number of carbonyl (C=O) groups is 2. The second-order valence-electron chi connectivity index (χ2n) is 8.30. The van der Waals surface area contributed by atoms with Crippen molar-refractivity contribution in [3.8, 4) is 5.75 Å². The zero-order chi connectivity index (χ0) is 23.5. The van der Waals surface area contributed by atoms with E-state index in [4.69, 9.17) is 9.15 Å². The normalized spacial score (nSPS) is 16.3. The molecule has 1 N–H and O–H groups in total. The van der Waals surface area contributed by atoms with E-state index in [1.807, 2.05) is 56.3 Å². The minimum Gasteiger partial charge on any atom is -0.503 e. The molecule has 0 aliphatic carbocycles. The van der Waals surface area contributed by atoms with Gasteiger partial charge in [-0.05, 0) is 63.8 Å². The van der Waals surface area contributed by atoms with E-state index in [2.05, 4.69) is 0 Å². The van der Waals surface area contributed by atoms with Crippen LogP contribution in [0.4, 0.5) is 0 Å². The quantitative estimate of drug-likeness (QED) is 0.490. The highest BCUT2D eigenvalue weighted by Crippen LogP contribution is 2.40. The zero-order valence-electron chi connectivity index (χ0n) is 19.1. The summed E-state index contributed by atoms with van der Waals surface area (Å²) in [5.41, 5.74) is 1.33. The summed E-state index contributed by atoms with van der Waals surface area (Å²) in [4.78, 5) is 30.2. The maximum Gasteiger partial charge on any atom is 0.290 e. The summed E-state index contributed by atoms with van der Waals surface area (Å²) in [7, 11) is 3.92. The molecule has 33 heavy (non-hydrogen) atoms. The van der Waals surface area contributed by atoms with Gasteiger partial charge in [0.15, 0.2) is 11.5 Å². The van der Waals surface area contributed by atoms with Crippen LogP contribution in [-0.2, 0) is 4.79 Å². The standard InChI is InChI=1S/C26H28N2O5/c1-4-32-19-12-10-17(11-13-19)23-22(25(30)26(31)28(23)15-7-14-27(2)3)24(29)21-16-18-8-5-6-9-20(18)33-21/h5-6,8-13,16,23,30H,4,7,14-15H2,1-3H3/t23-/m0/s1. The lowest BCUT2D eigenvalue weighted by atomic mass is 9.95. The number of rotatable bonds is 9. The molecule has 0 saturated carbocycles. The second kappa shape index (κ2) is 9.50. The number of ether oxygens (including phenoxy) is 1. The first-order valence-electron chi connectivity index (χ1n) is 11.1. The third kappa shape index (κ3) is 4.50. The zero-order valence-corrected chi connectivity index (χ0v) is 19.1. The summed E-state index contributed by atoms with van der Waals surface area (Å²) < 4.78 is 11.3. The Labute approximate surface area is 192 Å². The highest BCUT2D eigenvalue weighted by Gasteiger charge is 2.44. The second-order valence-corrected chi connectivity index (χ2v) is 8.30. The van der Waals surface area contributed by atoms with Crippen molar-refractivity contribution in [3.05, 3.63) is 77.3 Å². The predicted octanol–water partition coefficient (Wildman–Crippen LogP) is 4.36. The number of carbonyl (C=O) groups excluding carboxylic acids is 2. The number of para-hydroxylation sites is 1. The maximum atomic E-state index is 13.5.